The second-order valence-corrected chi connectivity index (χ2v) is 5.76. The highest BCUT2D eigenvalue weighted by Gasteiger charge is 2.14. The molecule has 4 nitrogen and oxygen atoms in total. The molecule has 5 heteroatoms. The van der Waals surface area contributed by atoms with E-state index in [-0.39, 0.29) is 5.78 Å². The lowest BCUT2D eigenvalue weighted by Gasteiger charge is -2.22. The van der Waals surface area contributed by atoms with E-state index in [1.54, 1.807) is 25.3 Å². The van der Waals surface area contributed by atoms with Crippen molar-refractivity contribution in [2.45, 2.75) is 13.3 Å². The van der Waals surface area contributed by atoms with E-state index < -0.39 is 0 Å². The maximum atomic E-state index is 12.4. The number of ketones is 1. The van der Waals surface area contributed by atoms with Crippen molar-refractivity contribution in [3.8, 4) is 5.75 Å². The summed E-state index contributed by atoms with van der Waals surface area (Å²) in [6, 6.07) is 5.18. The van der Waals surface area contributed by atoms with Crippen LogP contribution in [0.25, 0.3) is 0 Å². The molecule has 1 aromatic carbocycles. The summed E-state index contributed by atoms with van der Waals surface area (Å²) in [6.07, 6.45) is 1.03. The Bertz CT molecular complexity index is 464. The fourth-order valence-electron chi connectivity index (χ4n) is 2.06. The summed E-state index contributed by atoms with van der Waals surface area (Å²) in [6.45, 7) is 5.29. The Balaban J connectivity index is 2.69. The van der Waals surface area contributed by atoms with Crippen molar-refractivity contribution in [3.63, 3.8) is 0 Å². The molecule has 0 fully saturated rings. The Morgan fingerprint density at radius 2 is 1.95 bits per heavy atom. The van der Waals surface area contributed by atoms with Gasteiger partial charge in [-0.3, -0.25) is 9.69 Å². The van der Waals surface area contributed by atoms with Gasteiger partial charge in [-0.05, 0) is 45.3 Å². The van der Waals surface area contributed by atoms with E-state index in [1.165, 1.54) is 0 Å². The van der Waals surface area contributed by atoms with Gasteiger partial charge < -0.3 is 9.64 Å². The summed E-state index contributed by atoms with van der Waals surface area (Å²) < 4.78 is 5.11. The number of rotatable bonds is 9. The number of Topliss-reactive ketones (excluding diaryl/α,β-unsaturated/α-hetero) is 1. The zero-order valence-electron chi connectivity index (χ0n) is 13.4. The van der Waals surface area contributed by atoms with Crippen LogP contribution in [0.4, 0.5) is 0 Å². The van der Waals surface area contributed by atoms with Crippen LogP contribution < -0.4 is 4.74 Å². The largest absolute Gasteiger partial charge is 0.495 e. The van der Waals surface area contributed by atoms with Gasteiger partial charge in [-0.15, -0.1) is 0 Å². The third-order valence-electron chi connectivity index (χ3n) is 3.24. The Kier molecular flexibility index (Phi) is 7.72. The van der Waals surface area contributed by atoms with Crippen molar-refractivity contribution in [2.24, 2.45) is 0 Å². The van der Waals surface area contributed by atoms with Crippen molar-refractivity contribution < 1.29 is 9.53 Å². The van der Waals surface area contributed by atoms with Crippen LogP contribution in [0.2, 0.25) is 5.02 Å². The van der Waals surface area contributed by atoms with Crippen LogP contribution >= 0.6 is 11.6 Å². The van der Waals surface area contributed by atoms with Gasteiger partial charge in [0.2, 0.25) is 0 Å². The molecule has 0 unspecified atom stereocenters. The van der Waals surface area contributed by atoms with Gasteiger partial charge in [-0.1, -0.05) is 18.5 Å². The first-order valence-corrected chi connectivity index (χ1v) is 7.59. The molecule has 0 atom stereocenters. The molecule has 0 spiro atoms. The minimum atomic E-state index is 0.0896. The Hall–Kier alpha value is -1.10. The molecule has 0 heterocycles. The minimum absolute atomic E-state index is 0.0896. The molecule has 0 aliphatic carbocycles. The zero-order chi connectivity index (χ0) is 15.8. The first-order chi connectivity index (χ1) is 9.97. The first kappa shape index (κ1) is 18.0. The molecule has 0 amide bonds. The molecule has 0 saturated carbocycles. The third kappa shape index (κ3) is 6.04. The SMILES string of the molecule is CCCN(CCN(C)C)CC(=O)c1ccc(OC)c(Cl)c1. The molecule has 0 saturated heterocycles. The number of carbonyl (C=O) groups excluding carboxylic acids is 1. The average Bonchev–Trinajstić information content (AvgIpc) is 2.44. The van der Waals surface area contributed by atoms with Gasteiger partial charge in [0.05, 0.1) is 18.7 Å². The van der Waals surface area contributed by atoms with Crippen LogP contribution in [0.1, 0.15) is 23.7 Å². The van der Waals surface area contributed by atoms with E-state index in [0.717, 1.165) is 26.1 Å². The van der Waals surface area contributed by atoms with Gasteiger partial charge in [0, 0.05) is 18.7 Å². The van der Waals surface area contributed by atoms with Crippen LogP contribution in [-0.2, 0) is 0 Å². The second kappa shape index (κ2) is 9.03. The Morgan fingerprint density at radius 1 is 1.24 bits per heavy atom. The molecule has 21 heavy (non-hydrogen) atoms. The van der Waals surface area contributed by atoms with Gasteiger partial charge >= 0.3 is 0 Å². The van der Waals surface area contributed by atoms with Gasteiger partial charge in [0.25, 0.3) is 0 Å². The number of methoxy groups -OCH3 is 1. The minimum Gasteiger partial charge on any atom is -0.495 e. The summed E-state index contributed by atoms with van der Waals surface area (Å²) in [7, 11) is 5.64. The summed E-state index contributed by atoms with van der Waals surface area (Å²) in [5.41, 5.74) is 0.631. The predicted octanol–water partition coefficient (Wildman–Crippen LogP) is 2.80. The Morgan fingerprint density at radius 3 is 2.48 bits per heavy atom. The highest BCUT2D eigenvalue weighted by molar-refractivity contribution is 6.32. The molecule has 0 aromatic heterocycles. The number of carbonyl (C=O) groups is 1. The van der Waals surface area contributed by atoms with Crippen LogP contribution in [-0.4, -0.2) is 63.0 Å². The predicted molar refractivity (Wildman–Crippen MR) is 87.6 cm³/mol. The number of hydrogen-bond donors (Lipinski definition) is 0. The van der Waals surface area contributed by atoms with Crippen molar-refractivity contribution in [3.05, 3.63) is 28.8 Å². The molecule has 0 bridgehead atoms. The number of ether oxygens (including phenoxy) is 1. The molecular formula is C16H25ClN2O2. The molecule has 0 aliphatic heterocycles. The van der Waals surface area contributed by atoms with E-state index in [1.807, 2.05) is 14.1 Å². The average molecular weight is 313 g/mol. The number of benzene rings is 1. The quantitative estimate of drug-likeness (QED) is 0.656. The van der Waals surface area contributed by atoms with Crippen LogP contribution in [0.3, 0.4) is 0 Å². The highest BCUT2D eigenvalue weighted by Crippen LogP contribution is 2.25. The molecule has 0 radical (unpaired) electrons. The molecule has 1 aromatic rings. The summed E-state index contributed by atoms with van der Waals surface area (Å²) in [5.74, 6) is 0.679. The third-order valence-corrected chi connectivity index (χ3v) is 3.54. The molecule has 118 valence electrons. The van der Waals surface area contributed by atoms with Gasteiger partial charge in [-0.2, -0.15) is 0 Å². The zero-order valence-corrected chi connectivity index (χ0v) is 14.1. The summed E-state index contributed by atoms with van der Waals surface area (Å²) in [5, 5.41) is 0.471. The number of halogens is 1. The summed E-state index contributed by atoms with van der Waals surface area (Å²) in [4.78, 5) is 16.7. The van der Waals surface area contributed by atoms with E-state index in [0.29, 0.717) is 22.9 Å². The maximum Gasteiger partial charge on any atom is 0.176 e. The smallest absolute Gasteiger partial charge is 0.176 e. The van der Waals surface area contributed by atoms with Crippen molar-refractivity contribution >= 4 is 17.4 Å². The van der Waals surface area contributed by atoms with Crippen LogP contribution in [0.5, 0.6) is 5.75 Å². The maximum absolute atomic E-state index is 12.4. The highest BCUT2D eigenvalue weighted by atomic mass is 35.5. The fraction of sp³-hybridized carbons (Fsp3) is 0.562. The van der Waals surface area contributed by atoms with Crippen LogP contribution in [0, 0.1) is 0 Å². The number of hydrogen-bond acceptors (Lipinski definition) is 4. The Labute approximate surface area is 132 Å². The van der Waals surface area contributed by atoms with E-state index in [2.05, 4.69) is 16.7 Å². The van der Waals surface area contributed by atoms with E-state index >= 15 is 0 Å². The molecule has 1 rings (SSSR count). The van der Waals surface area contributed by atoms with Gasteiger partial charge in [-0.25, -0.2) is 0 Å². The monoisotopic (exact) mass is 312 g/mol. The normalized spacial score (nSPS) is 11.2. The molecular weight excluding hydrogens is 288 g/mol. The lowest BCUT2D eigenvalue weighted by molar-refractivity contribution is 0.0925. The number of nitrogens with zero attached hydrogens (tertiary/aromatic N) is 2. The van der Waals surface area contributed by atoms with Crippen molar-refractivity contribution in [2.75, 3.05) is 47.4 Å². The van der Waals surface area contributed by atoms with Gasteiger partial charge in [0.15, 0.2) is 5.78 Å². The fourth-order valence-corrected chi connectivity index (χ4v) is 2.32. The first-order valence-electron chi connectivity index (χ1n) is 7.21. The standard InChI is InChI=1S/C16H25ClN2O2/c1-5-8-19(10-9-18(2)3)12-15(20)13-6-7-16(21-4)14(17)11-13/h6-7,11H,5,8-10,12H2,1-4H3. The lowest BCUT2D eigenvalue weighted by Crippen LogP contribution is -2.36. The second-order valence-electron chi connectivity index (χ2n) is 5.35. The van der Waals surface area contributed by atoms with E-state index in [9.17, 15) is 4.79 Å². The van der Waals surface area contributed by atoms with Crippen molar-refractivity contribution in [1.82, 2.24) is 9.80 Å². The topological polar surface area (TPSA) is 32.8 Å². The molecule has 0 N–H and O–H groups in total. The lowest BCUT2D eigenvalue weighted by atomic mass is 10.1. The summed E-state index contributed by atoms with van der Waals surface area (Å²) >= 11 is 6.08. The molecule has 0 aliphatic rings. The number of likely N-dealkylation sites (N-methyl/N-ethyl adjacent to an activating group) is 1. The van der Waals surface area contributed by atoms with E-state index in [4.69, 9.17) is 16.3 Å². The van der Waals surface area contributed by atoms with Crippen molar-refractivity contribution in [1.29, 1.82) is 0 Å². The van der Waals surface area contributed by atoms with Crippen LogP contribution in [0.15, 0.2) is 18.2 Å². The van der Waals surface area contributed by atoms with Gasteiger partial charge in [0.1, 0.15) is 5.75 Å².